The van der Waals surface area contributed by atoms with Crippen LogP contribution in [-0.2, 0) is 4.79 Å². The van der Waals surface area contributed by atoms with Gasteiger partial charge in [-0.3, -0.25) is 4.79 Å². The highest BCUT2D eigenvalue weighted by molar-refractivity contribution is 5.78. The summed E-state index contributed by atoms with van der Waals surface area (Å²) >= 11 is 0. The molecule has 82 valence electrons. The number of carbonyl (C=O) groups is 1. The highest BCUT2D eigenvalue weighted by atomic mass is 16.1. The molecule has 1 aliphatic rings. The lowest BCUT2D eigenvalue weighted by molar-refractivity contribution is -0.125. The molecule has 0 aromatic heterocycles. The molecule has 0 aromatic rings. The number of nitrogens with one attached hydrogen (secondary N) is 1. The summed E-state index contributed by atoms with van der Waals surface area (Å²) in [6.45, 7) is 4.57. The standard InChI is InChI=1S/C10H21N3O/c1-8(3-5-11)10(14)12-9-4-6-13(2)7-9/h8-9H,3-7,11H2,1-2H3,(H,12,14). The van der Waals surface area contributed by atoms with E-state index in [0.29, 0.717) is 12.6 Å². The van der Waals surface area contributed by atoms with Crippen LogP contribution >= 0.6 is 0 Å². The highest BCUT2D eigenvalue weighted by Gasteiger charge is 2.22. The first-order valence-corrected chi connectivity index (χ1v) is 5.32. The van der Waals surface area contributed by atoms with E-state index < -0.39 is 0 Å². The van der Waals surface area contributed by atoms with Crippen molar-refractivity contribution in [2.75, 3.05) is 26.7 Å². The molecule has 2 unspecified atom stereocenters. The number of likely N-dealkylation sites (tertiary alicyclic amines) is 1. The average Bonchev–Trinajstić information content (AvgIpc) is 2.51. The Hall–Kier alpha value is -0.610. The Labute approximate surface area is 85.8 Å². The van der Waals surface area contributed by atoms with Crippen molar-refractivity contribution in [3.63, 3.8) is 0 Å². The maximum atomic E-state index is 11.6. The first-order valence-electron chi connectivity index (χ1n) is 5.32. The lowest BCUT2D eigenvalue weighted by Crippen LogP contribution is -2.39. The molecule has 3 N–H and O–H groups in total. The molecule has 0 aromatic carbocycles. The fraction of sp³-hybridized carbons (Fsp3) is 0.900. The SMILES string of the molecule is CC(CCN)C(=O)NC1CCN(C)C1. The zero-order chi connectivity index (χ0) is 10.6. The second-order valence-corrected chi connectivity index (χ2v) is 4.23. The maximum absolute atomic E-state index is 11.6. The molecule has 1 aliphatic heterocycles. The normalized spacial score (nSPS) is 24.9. The summed E-state index contributed by atoms with van der Waals surface area (Å²) in [5.41, 5.74) is 5.41. The van der Waals surface area contributed by atoms with Crippen molar-refractivity contribution in [3.8, 4) is 0 Å². The Morgan fingerprint density at radius 2 is 2.43 bits per heavy atom. The summed E-state index contributed by atoms with van der Waals surface area (Å²) in [7, 11) is 2.08. The van der Waals surface area contributed by atoms with Gasteiger partial charge in [-0.15, -0.1) is 0 Å². The number of hydrogen-bond acceptors (Lipinski definition) is 3. The number of rotatable bonds is 4. The van der Waals surface area contributed by atoms with Crippen molar-refractivity contribution >= 4 is 5.91 Å². The quantitative estimate of drug-likeness (QED) is 0.659. The van der Waals surface area contributed by atoms with E-state index in [1.807, 2.05) is 6.92 Å². The Balaban J connectivity index is 2.26. The minimum absolute atomic E-state index is 0.0471. The molecule has 0 spiro atoms. The molecule has 1 heterocycles. The first-order chi connectivity index (χ1) is 6.63. The van der Waals surface area contributed by atoms with Gasteiger partial charge >= 0.3 is 0 Å². The van der Waals surface area contributed by atoms with Crippen LogP contribution in [0.2, 0.25) is 0 Å². The van der Waals surface area contributed by atoms with Gasteiger partial charge in [0.1, 0.15) is 0 Å². The van der Waals surface area contributed by atoms with Crippen LogP contribution < -0.4 is 11.1 Å². The van der Waals surface area contributed by atoms with Crippen LogP contribution in [0.3, 0.4) is 0 Å². The van der Waals surface area contributed by atoms with Gasteiger partial charge in [0.25, 0.3) is 0 Å². The molecule has 4 nitrogen and oxygen atoms in total. The van der Waals surface area contributed by atoms with E-state index in [2.05, 4.69) is 17.3 Å². The molecular weight excluding hydrogens is 178 g/mol. The first kappa shape index (κ1) is 11.5. The lowest BCUT2D eigenvalue weighted by atomic mass is 10.1. The van der Waals surface area contributed by atoms with Gasteiger partial charge in [0.2, 0.25) is 5.91 Å². The topological polar surface area (TPSA) is 58.4 Å². The molecule has 0 radical (unpaired) electrons. The third kappa shape index (κ3) is 3.27. The number of carbonyl (C=O) groups excluding carboxylic acids is 1. The number of hydrogen-bond donors (Lipinski definition) is 2. The van der Waals surface area contributed by atoms with Crippen LogP contribution in [0, 0.1) is 5.92 Å². The van der Waals surface area contributed by atoms with E-state index in [0.717, 1.165) is 25.9 Å². The monoisotopic (exact) mass is 199 g/mol. The number of nitrogens with zero attached hydrogens (tertiary/aromatic N) is 1. The molecule has 4 heteroatoms. The zero-order valence-electron chi connectivity index (χ0n) is 9.12. The van der Waals surface area contributed by atoms with Crippen molar-refractivity contribution in [2.45, 2.75) is 25.8 Å². The molecule has 0 saturated carbocycles. The summed E-state index contributed by atoms with van der Waals surface area (Å²) in [4.78, 5) is 13.8. The van der Waals surface area contributed by atoms with Crippen LogP contribution in [0.4, 0.5) is 0 Å². The van der Waals surface area contributed by atoms with Crippen LogP contribution in [0.1, 0.15) is 19.8 Å². The van der Waals surface area contributed by atoms with E-state index in [-0.39, 0.29) is 11.8 Å². The molecule has 2 atom stereocenters. The molecule has 14 heavy (non-hydrogen) atoms. The summed E-state index contributed by atoms with van der Waals surface area (Å²) in [5, 5.41) is 3.06. The minimum atomic E-state index is 0.0471. The lowest BCUT2D eigenvalue weighted by Gasteiger charge is -2.16. The van der Waals surface area contributed by atoms with Gasteiger partial charge in [-0.25, -0.2) is 0 Å². The zero-order valence-corrected chi connectivity index (χ0v) is 9.12. The Kier molecular flexibility index (Phi) is 4.35. The van der Waals surface area contributed by atoms with Gasteiger partial charge in [-0.2, -0.15) is 0 Å². The molecule has 1 amide bonds. The minimum Gasteiger partial charge on any atom is -0.352 e. The highest BCUT2D eigenvalue weighted by Crippen LogP contribution is 2.08. The second-order valence-electron chi connectivity index (χ2n) is 4.23. The van der Waals surface area contributed by atoms with E-state index in [1.165, 1.54) is 0 Å². The molecule has 0 bridgehead atoms. The number of nitrogens with two attached hydrogens (primary N) is 1. The van der Waals surface area contributed by atoms with Crippen molar-refractivity contribution in [2.24, 2.45) is 11.7 Å². The van der Waals surface area contributed by atoms with E-state index >= 15 is 0 Å². The van der Waals surface area contributed by atoms with Gasteiger partial charge in [0, 0.05) is 18.5 Å². The van der Waals surface area contributed by atoms with Crippen LogP contribution in [-0.4, -0.2) is 43.5 Å². The summed E-state index contributed by atoms with van der Waals surface area (Å²) in [6.07, 6.45) is 1.84. The predicted molar refractivity (Wildman–Crippen MR) is 56.9 cm³/mol. The van der Waals surface area contributed by atoms with Crippen molar-refractivity contribution in [3.05, 3.63) is 0 Å². The molecular formula is C10H21N3O. The third-order valence-electron chi connectivity index (χ3n) is 2.78. The fourth-order valence-electron chi connectivity index (χ4n) is 1.78. The third-order valence-corrected chi connectivity index (χ3v) is 2.78. The maximum Gasteiger partial charge on any atom is 0.223 e. The van der Waals surface area contributed by atoms with Gasteiger partial charge < -0.3 is 16.0 Å². The molecule has 1 fully saturated rings. The van der Waals surface area contributed by atoms with E-state index in [9.17, 15) is 4.79 Å². The van der Waals surface area contributed by atoms with E-state index in [4.69, 9.17) is 5.73 Å². The summed E-state index contributed by atoms with van der Waals surface area (Å²) < 4.78 is 0. The van der Waals surface area contributed by atoms with Gasteiger partial charge in [-0.1, -0.05) is 6.92 Å². The van der Waals surface area contributed by atoms with Crippen LogP contribution in [0.15, 0.2) is 0 Å². The van der Waals surface area contributed by atoms with Gasteiger partial charge in [0.05, 0.1) is 0 Å². The van der Waals surface area contributed by atoms with Crippen LogP contribution in [0.5, 0.6) is 0 Å². The molecule has 1 saturated heterocycles. The van der Waals surface area contributed by atoms with Crippen LogP contribution in [0.25, 0.3) is 0 Å². The molecule has 0 aliphatic carbocycles. The number of amides is 1. The number of likely N-dealkylation sites (N-methyl/N-ethyl adjacent to an activating group) is 1. The van der Waals surface area contributed by atoms with Gasteiger partial charge in [-0.05, 0) is 33.0 Å². The summed E-state index contributed by atoms with van der Waals surface area (Å²) in [6, 6.07) is 0.340. The van der Waals surface area contributed by atoms with Crippen molar-refractivity contribution in [1.82, 2.24) is 10.2 Å². The summed E-state index contributed by atoms with van der Waals surface area (Å²) in [5.74, 6) is 0.196. The largest absolute Gasteiger partial charge is 0.352 e. The second kappa shape index (κ2) is 5.32. The smallest absolute Gasteiger partial charge is 0.223 e. The van der Waals surface area contributed by atoms with E-state index in [1.54, 1.807) is 0 Å². The van der Waals surface area contributed by atoms with Crippen molar-refractivity contribution in [1.29, 1.82) is 0 Å². The Morgan fingerprint density at radius 1 is 1.71 bits per heavy atom. The average molecular weight is 199 g/mol. The molecule has 1 rings (SSSR count). The van der Waals surface area contributed by atoms with Crippen molar-refractivity contribution < 1.29 is 4.79 Å². The Bertz CT molecular complexity index is 196. The Morgan fingerprint density at radius 3 is 2.93 bits per heavy atom. The fourth-order valence-corrected chi connectivity index (χ4v) is 1.78. The van der Waals surface area contributed by atoms with Gasteiger partial charge in [0.15, 0.2) is 0 Å². The predicted octanol–water partition coefficient (Wildman–Crippen LogP) is -0.208.